The lowest BCUT2D eigenvalue weighted by Crippen LogP contribution is -2.11. The molecular weight excluding hydrogens is 849 g/mol. The Balaban J connectivity index is 1.06. The van der Waals surface area contributed by atoms with Crippen molar-refractivity contribution in [2.75, 3.05) is 9.80 Å². The van der Waals surface area contributed by atoms with Crippen molar-refractivity contribution in [1.29, 1.82) is 10.5 Å². The van der Waals surface area contributed by atoms with Crippen LogP contribution in [0.4, 0.5) is 34.1 Å². The van der Waals surface area contributed by atoms with E-state index in [9.17, 15) is 10.5 Å². The number of para-hydroxylation sites is 4. The first-order chi connectivity index (χ1) is 34.6. The van der Waals surface area contributed by atoms with E-state index in [2.05, 4.69) is 180 Å². The highest BCUT2D eigenvalue weighted by molar-refractivity contribution is 5.99. The van der Waals surface area contributed by atoms with Gasteiger partial charge in [0.15, 0.2) is 0 Å². The zero-order valence-electron chi connectivity index (χ0n) is 38.3. The molecule has 0 atom stereocenters. The Morgan fingerprint density at radius 2 is 0.600 bits per heavy atom. The van der Waals surface area contributed by atoms with Crippen molar-refractivity contribution >= 4 is 57.4 Å². The first kappa shape index (κ1) is 44.1. The number of nitriles is 2. The van der Waals surface area contributed by atoms with E-state index in [1.54, 1.807) is 0 Å². The standard InChI is InChI=1S/C66H46N4/c67-47-56(49-35-39-61(40-36-49)69(58-27-13-4-14-28-58)59-29-15-5-16-30-59)43-54-45-65(53-25-11-3-12-26-53)55(46-64(54)52-23-9-2-10-24-52)44-57(48-68)50-37-41-62(42-38-50)70(60-31-17-6-18-32-60)66-34-20-19-33-63(66)51-21-7-1-8-22-51/h1-46H. The van der Waals surface area contributed by atoms with Crippen LogP contribution >= 0.6 is 0 Å². The number of benzene rings is 10. The van der Waals surface area contributed by atoms with Crippen LogP contribution in [-0.4, -0.2) is 0 Å². The zero-order chi connectivity index (χ0) is 47.5. The van der Waals surface area contributed by atoms with Crippen LogP contribution in [-0.2, 0) is 0 Å². The van der Waals surface area contributed by atoms with Gasteiger partial charge in [-0.15, -0.1) is 0 Å². The third-order valence-corrected chi connectivity index (χ3v) is 12.4. The highest BCUT2D eigenvalue weighted by atomic mass is 15.1. The summed E-state index contributed by atoms with van der Waals surface area (Å²) in [5, 5.41) is 21.7. The molecule has 0 saturated heterocycles. The second-order valence-corrected chi connectivity index (χ2v) is 16.8. The molecule has 4 heteroatoms. The molecule has 0 N–H and O–H groups in total. The summed E-state index contributed by atoms with van der Waals surface area (Å²) in [6.45, 7) is 0. The monoisotopic (exact) mass is 894 g/mol. The fourth-order valence-electron chi connectivity index (χ4n) is 8.99. The summed E-state index contributed by atoms with van der Waals surface area (Å²) in [6, 6.07) is 96.1. The second kappa shape index (κ2) is 20.8. The third-order valence-electron chi connectivity index (χ3n) is 12.4. The van der Waals surface area contributed by atoms with Crippen LogP contribution in [0.3, 0.4) is 0 Å². The largest absolute Gasteiger partial charge is 0.311 e. The maximum absolute atomic E-state index is 10.9. The molecule has 0 aliphatic rings. The van der Waals surface area contributed by atoms with Gasteiger partial charge in [0.2, 0.25) is 0 Å². The van der Waals surface area contributed by atoms with Gasteiger partial charge < -0.3 is 9.80 Å². The average Bonchev–Trinajstić information content (AvgIpc) is 3.44. The van der Waals surface area contributed by atoms with Crippen molar-refractivity contribution in [3.63, 3.8) is 0 Å². The van der Waals surface area contributed by atoms with Crippen molar-refractivity contribution in [2.24, 2.45) is 0 Å². The predicted octanol–water partition coefficient (Wildman–Crippen LogP) is 17.8. The summed E-state index contributed by atoms with van der Waals surface area (Å²) in [6.07, 6.45) is 3.98. The summed E-state index contributed by atoms with van der Waals surface area (Å²) in [7, 11) is 0. The zero-order valence-corrected chi connectivity index (χ0v) is 38.3. The van der Waals surface area contributed by atoms with Crippen molar-refractivity contribution in [3.05, 3.63) is 289 Å². The molecule has 10 aromatic rings. The van der Waals surface area contributed by atoms with E-state index in [4.69, 9.17) is 0 Å². The quantitative estimate of drug-likeness (QED) is 0.0855. The van der Waals surface area contributed by atoms with E-state index < -0.39 is 0 Å². The molecule has 0 bridgehead atoms. The summed E-state index contributed by atoms with van der Waals surface area (Å²) in [4.78, 5) is 4.47. The molecule has 70 heavy (non-hydrogen) atoms. The first-order valence-electron chi connectivity index (χ1n) is 23.3. The van der Waals surface area contributed by atoms with Gasteiger partial charge in [-0.3, -0.25) is 0 Å². The fraction of sp³-hybridized carbons (Fsp3) is 0. The van der Waals surface area contributed by atoms with Gasteiger partial charge in [0.25, 0.3) is 0 Å². The number of allylic oxidation sites excluding steroid dienone is 2. The molecule has 0 aromatic heterocycles. The minimum Gasteiger partial charge on any atom is -0.311 e. The molecule has 0 heterocycles. The van der Waals surface area contributed by atoms with Crippen molar-refractivity contribution in [2.45, 2.75) is 0 Å². The van der Waals surface area contributed by atoms with Crippen LogP contribution < -0.4 is 9.80 Å². The van der Waals surface area contributed by atoms with Gasteiger partial charge in [-0.2, -0.15) is 10.5 Å². The predicted molar refractivity (Wildman–Crippen MR) is 292 cm³/mol. The van der Waals surface area contributed by atoms with Crippen LogP contribution in [0.2, 0.25) is 0 Å². The number of anilines is 6. The van der Waals surface area contributed by atoms with Gasteiger partial charge in [-0.05, 0) is 141 Å². The lowest BCUT2D eigenvalue weighted by molar-refractivity contribution is 1.28. The Bertz CT molecular complexity index is 3460. The highest BCUT2D eigenvalue weighted by Gasteiger charge is 2.19. The van der Waals surface area contributed by atoms with Crippen LogP contribution in [0.5, 0.6) is 0 Å². The topological polar surface area (TPSA) is 54.1 Å². The van der Waals surface area contributed by atoms with Crippen LogP contribution in [0.15, 0.2) is 267 Å². The van der Waals surface area contributed by atoms with E-state index in [0.29, 0.717) is 11.1 Å². The fourth-order valence-corrected chi connectivity index (χ4v) is 8.99. The molecule has 0 unspecified atom stereocenters. The Hall–Kier alpha value is -9.74. The Kier molecular flexibility index (Phi) is 13.1. The van der Waals surface area contributed by atoms with Gasteiger partial charge in [-0.1, -0.05) is 188 Å². The summed E-state index contributed by atoms with van der Waals surface area (Å²) < 4.78 is 0. The second-order valence-electron chi connectivity index (χ2n) is 16.8. The number of hydrogen-bond acceptors (Lipinski definition) is 4. The van der Waals surface area contributed by atoms with Crippen molar-refractivity contribution < 1.29 is 0 Å². The van der Waals surface area contributed by atoms with Gasteiger partial charge in [-0.25, -0.2) is 0 Å². The minimum atomic E-state index is 0.528. The van der Waals surface area contributed by atoms with Crippen molar-refractivity contribution in [3.8, 4) is 45.5 Å². The molecular formula is C66H46N4. The maximum Gasteiger partial charge on any atom is 0.0998 e. The van der Waals surface area contributed by atoms with Gasteiger partial charge in [0.05, 0.1) is 29.0 Å². The Morgan fingerprint density at radius 1 is 0.300 bits per heavy atom. The SMILES string of the molecule is N#CC(=Cc1cc(-c2ccccc2)c(C=C(C#N)c2ccc(N(c3ccccc3)c3ccccc3-c3ccccc3)cc2)cc1-c1ccccc1)c1ccc(N(c2ccccc2)c2ccccc2)cc1. The van der Waals surface area contributed by atoms with E-state index in [0.717, 1.165) is 89.8 Å². The lowest BCUT2D eigenvalue weighted by Gasteiger charge is -2.28. The Labute approximate surface area is 410 Å². The summed E-state index contributed by atoms with van der Waals surface area (Å²) in [5.41, 5.74) is 16.7. The van der Waals surface area contributed by atoms with Gasteiger partial charge >= 0.3 is 0 Å². The maximum atomic E-state index is 10.9. The highest BCUT2D eigenvalue weighted by Crippen LogP contribution is 2.42. The molecule has 10 aromatic carbocycles. The smallest absolute Gasteiger partial charge is 0.0998 e. The molecule has 0 aliphatic carbocycles. The molecule has 4 nitrogen and oxygen atoms in total. The summed E-state index contributed by atoms with van der Waals surface area (Å²) in [5.74, 6) is 0. The van der Waals surface area contributed by atoms with E-state index in [1.807, 2.05) is 121 Å². The van der Waals surface area contributed by atoms with Crippen LogP contribution in [0, 0.1) is 22.7 Å². The first-order valence-corrected chi connectivity index (χ1v) is 23.3. The average molecular weight is 895 g/mol. The molecule has 0 saturated carbocycles. The number of rotatable bonds is 13. The van der Waals surface area contributed by atoms with E-state index in [-0.39, 0.29) is 0 Å². The van der Waals surface area contributed by atoms with Crippen LogP contribution in [0.1, 0.15) is 22.3 Å². The number of nitrogens with zero attached hydrogens (tertiary/aromatic N) is 4. The lowest BCUT2D eigenvalue weighted by atomic mass is 9.88. The van der Waals surface area contributed by atoms with Gasteiger partial charge in [0, 0.05) is 34.0 Å². The van der Waals surface area contributed by atoms with E-state index in [1.165, 1.54) is 0 Å². The number of hydrogen-bond donors (Lipinski definition) is 0. The summed E-state index contributed by atoms with van der Waals surface area (Å²) >= 11 is 0. The molecule has 0 fully saturated rings. The van der Waals surface area contributed by atoms with Crippen LogP contribution in [0.25, 0.3) is 56.7 Å². The van der Waals surface area contributed by atoms with Crippen molar-refractivity contribution in [1.82, 2.24) is 0 Å². The Morgan fingerprint density at radius 3 is 0.986 bits per heavy atom. The molecule has 330 valence electrons. The molecule has 0 amide bonds. The molecule has 0 aliphatic heterocycles. The normalized spacial score (nSPS) is 11.3. The molecule has 0 radical (unpaired) electrons. The van der Waals surface area contributed by atoms with Gasteiger partial charge in [0.1, 0.15) is 0 Å². The minimum absolute atomic E-state index is 0.528. The third kappa shape index (κ3) is 9.57. The van der Waals surface area contributed by atoms with E-state index >= 15 is 0 Å². The molecule has 0 spiro atoms. The molecule has 10 rings (SSSR count).